The van der Waals surface area contributed by atoms with Gasteiger partial charge in [-0.05, 0) is 18.8 Å². The van der Waals surface area contributed by atoms with Crippen LogP contribution in [0.1, 0.15) is 44.8 Å². The Morgan fingerprint density at radius 1 is 1.26 bits per heavy atom. The van der Waals surface area contributed by atoms with Crippen LogP contribution in [0.3, 0.4) is 0 Å². The zero-order chi connectivity index (χ0) is 22.7. The average molecular weight is 439 g/mol. The van der Waals surface area contributed by atoms with Crippen LogP contribution in [0.5, 0.6) is 0 Å². The van der Waals surface area contributed by atoms with Crippen molar-refractivity contribution in [3.63, 3.8) is 0 Å². The number of hydrogen-bond donors (Lipinski definition) is 2. The zero-order valence-electron chi connectivity index (χ0n) is 18.7. The number of likely N-dealkylation sites (tertiary alicyclic amines) is 1. The van der Waals surface area contributed by atoms with Crippen molar-refractivity contribution in [2.75, 3.05) is 38.8 Å². The predicted octanol–water partition coefficient (Wildman–Crippen LogP) is 0.697. The minimum atomic E-state index is -0.806. The lowest BCUT2D eigenvalue weighted by atomic mass is 9.91. The van der Waals surface area contributed by atoms with Crippen molar-refractivity contribution in [1.29, 1.82) is 0 Å². The number of rotatable bonds is 8. The third-order valence-corrected chi connectivity index (χ3v) is 6.36. The number of hydrogen-bond acceptors (Lipinski definition) is 8. The molecule has 0 bridgehead atoms. The standard InChI is InChI=1S/C21H34N4O6/c1-12(2)18(20(28)25-11-14(26)9-15(25)19(22)27)16-10-17(23-31-16)24-7-5-13(6-8-24)21(29-3)30-4/h10,12-15,18,21,26H,5-9,11H2,1-4H3,(H2,22,27)/t14-,15+,18+/m1/s1. The van der Waals surface area contributed by atoms with Gasteiger partial charge in [-0.25, -0.2) is 0 Å². The predicted molar refractivity (Wildman–Crippen MR) is 112 cm³/mol. The smallest absolute Gasteiger partial charge is 0.240 e. The summed E-state index contributed by atoms with van der Waals surface area (Å²) in [5.74, 6) is -0.139. The lowest BCUT2D eigenvalue weighted by molar-refractivity contribution is -0.141. The van der Waals surface area contributed by atoms with Gasteiger partial charge >= 0.3 is 0 Å². The summed E-state index contributed by atoms with van der Waals surface area (Å²) in [6.07, 6.45) is 0.975. The van der Waals surface area contributed by atoms with E-state index in [2.05, 4.69) is 10.1 Å². The lowest BCUT2D eigenvalue weighted by Crippen LogP contribution is -2.46. The van der Waals surface area contributed by atoms with Crippen LogP contribution in [0.2, 0.25) is 0 Å². The molecule has 10 nitrogen and oxygen atoms in total. The number of anilines is 1. The van der Waals surface area contributed by atoms with E-state index in [0.717, 1.165) is 25.9 Å². The number of ether oxygens (including phenoxy) is 2. The van der Waals surface area contributed by atoms with E-state index in [1.54, 1.807) is 20.3 Å². The number of piperidine rings is 1. The van der Waals surface area contributed by atoms with Crippen LogP contribution in [0.15, 0.2) is 10.6 Å². The number of carbonyl (C=O) groups is 2. The van der Waals surface area contributed by atoms with Gasteiger partial charge in [0, 0.05) is 52.3 Å². The highest BCUT2D eigenvalue weighted by molar-refractivity contribution is 5.90. The molecule has 10 heteroatoms. The molecular weight excluding hydrogens is 404 g/mol. The molecule has 0 radical (unpaired) electrons. The van der Waals surface area contributed by atoms with Crippen molar-refractivity contribution in [3.8, 4) is 0 Å². The molecular formula is C21H34N4O6. The van der Waals surface area contributed by atoms with Crippen molar-refractivity contribution >= 4 is 17.6 Å². The molecule has 1 aromatic rings. The number of primary amides is 1. The lowest BCUT2D eigenvalue weighted by Gasteiger charge is -2.34. The molecule has 0 saturated carbocycles. The number of aromatic nitrogens is 1. The molecule has 3 heterocycles. The number of aliphatic hydroxyl groups excluding tert-OH is 1. The normalized spacial score (nSPS) is 23.7. The summed E-state index contributed by atoms with van der Waals surface area (Å²) in [5.41, 5.74) is 5.45. The number of aliphatic hydroxyl groups is 1. The minimum absolute atomic E-state index is 0.0876. The van der Waals surface area contributed by atoms with Crippen LogP contribution < -0.4 is 10.6 Å². The molecule has 0 aliphatic carbocycles. The number of carbonyl (C=O) groups excluding carboxylic acids is 2. The summed E-state index contributed by atoms with van der Waals surface area (Å²) in [6.45, 7) is 5.48. The van der Waals surface area contributed by atoms with Gasteiger partial charge < -0.3 is 34.6 Å². The Balaban J connectivity index is 1.72. The van der Waals surface area contributed by atoms with Crippen LogP contribution in [-0.2, 0) is 19.1 Å². The highest BCUT2D eigenvalue weighted by atomic mass is 16.7. The quantitative estimate of drug-likeness (QED) is 0.567. The summed E-state index contributed by atoms with van der Waals surface area (Å²) >= 11 is 0. The summed E-state index contributed by atoms with van der Waals surface area (Å²) in [4.78, 5) is 28.6. The first-order valence-electron chi connectivity index (χ1n) is 10.8. The molecule has 1 aromatic heterocycles. The van der Waals surface area contributed by atoms with Crippen molar-refractivity contribution in [2.45, 2.75) is 57.5 Å². The van der Waals surface area contributed by atoms with Crippen LogP contribution >= 0.6 is 0 Å². The summed E-state index contributed by atoms with van der Waals surface area (Å²) in [5, 5.41) is 14.2. The average Bonchev–Trinajstić information content (AvgIpc) is 3.36. The van der Waals surface area contributed by atoms with Gasteiger partial charge in [-0.1, -0.05) is 19.0 Å². The second kappa shape index (κ2) is 9.97. The summed E-state index contributed by atoms with van der Waals surface area (Å²) in [6, 6.07) is 0.999. The number of nitrogens with zero attached hydrogens (tertiary/aromatic N) is 3. The van der Waals surface area contributed by atoms with E-state index in [1.807, 2.05) is 13.8 Å². The Morgan fingerprint density at radius 2 is 1.90 bits per heavy atom. The van der Waals surface area contributed by atoms with E-state index in [4.69, 9.17) is 19.7 Å². The van der Waals surface area contributed by atoms with E-state index in [9.17, 15) is 14.7 Å². The Kier molecular flexibility index (Phi) is 7.55. The third-order valence-electron chi connectivity index (χ3n) is 6.36. The van der Waals surface area contributed by atoms with Gasteiger partial charge in [0.2, 0.25) is 11.8 Å². The highest BCUT2D eigenvalue weighted by Gasteiger charge is 2.42. The van der Waals surface area contributed by atoms with E-state index in [1.165, 1.54) is 4.90 Å². The highest BCUT2D eigenvalue weighted by Crippen LogP contribution is 2.33. The van der Waals surface area contributed by atoms with Crippen molar-refractivity contribution < 1.29 is 28.7 Å². The molecule has 2 aliphatic rings. The monoisotopic (exact) mass is 438 g/mol. The molecule has 0 aromatic carbocycles. The summed E-state index contributed by atoms with van der Waals surface area (Å²) < 4.78 is 16.4. The van der Waals surface area contributed by atoms with E-state index < -0.39 is 24.0 Å². The molecule has 3 N–H and O–H groups in total. The number of amides is 2. The summed E-state index contributed by atoms with van der Waals surface area (Å²) in [7, 11) is 3.30. The number of β-amino-alcohol motifs (C(OH)–C–C–N with tert-alkyl or cyclic N) is 1. The van der Waals surface area contributed by atoms with E-state index >= 15 is 0 Å². The molecule has 3 rings (SSSR count). The van der Waals surface area contributed by atoms with Crippen molar-refractivity contribution in [3.05, 3.63) is 11.8 Å². The number of nitrogens with two attached hydrogens (primary N) is 1. The van der Waals surface area contributed by atoms with E-state index in [-0.39, 0.29) is 31.1 Å². The van der Waals surface area contributed by atoms with E-state index in [0.29, 0.717) is 17.5 Å². The van der Waals surface area contributed by atoms with Gasteiger partial charge in [-0.2, -0.15) is 0 Å². The third kappa shape index (κ3) is 5.02. The van der Waals surface area contributed by atoms with Gasteiger partial charge in [-0.15, -0.1) is 0 Å². The van der Waals surface area contributed by atoms with Gasteiger partial charge in [0.1, 0.15) is 12.0 Å². The molecule has 0 spiro atoms. The van der Waals surface area contributed by atoms with Crippen molar-refractivity contribution in [2.24, 2.45) is 17.6 Å². The molecule has 2 saturated heterocycles. The second-order valence-corrected chi connectivity index (χ2v) is 8.77. The van der Waals surface area contributed by atoms with Crippen LogP contribution in [0, 0.1) is 11.8 Å². The fraction of sp³-hybridized carbons (Fsp3) is 0.762. The molecule has 0 unspecified atom stereocenters. The largest absolute Gasteiger partial charge is 0.391 e. The minimum Gasteiger partial charge on any atom is -0.391 e. The Labute approximate surface area is 182 Å². The molecule has 174 valence electrons. The Hall–Kier alpha value is -2.17. The Morgan fingerprint density at radius 3 is 2.45 bits per heavy atom. The molecule has 2 aliphatic heterocycles. The molecule has 2 fully saturated rings. The Bertz CT molecular complexity index is 757. The maximum atomic E-state index is 13.3. The van der Waals surface area contributed by atoms with Crippen LogP contribution in [-0.4, -0.2) is 79.3 Å². The first-order chi connectivity index (χ1) is 14.8. The zero-order valence-corrected chi connectivity index (χ0v) is 18.7. The fourth-order valence-electron chi connectivity index (χ4n) is 4.70. The first-order valence-corrected chi connectivity index (χ1v) is 10.8. The SMILES string of the molecule is COC(OC)C1CCN(c2cc([C@@H](C(=O)N3C[C@H](O)C[C@H]3C(N)=O)C(C)C)on2)CC1. The van der Waals surface area contributed by atoms with Gasteiger partial charge in [0.05, 0.1) is 6.10 Å². The molecule has 31 heavy (non-hydrogen) atoms. The second-order valence-electron chi connectivity index (χ2n) is 8.77. The fourth-order valence-corrected chi connectivity index (χ4v) is 4.70. The van der Waals surface area contributed by atoms with Gasteiger partial charge in [0.15, 0.2) is 17.9 Å². The van der Waals surface area contributed by atoms with Crippen LogP contribution in [0.25, 0.3) is 0 Å². The van der Waals surface area contributed by atoms with Crippen molar-refractivity contribution in [1.82, 2.24) is 10.1 Å². The van der Waals surface area contributed by atoms with Crippen LogP contribution in [0.4, 0.5) is 5.82 Å². The first kappa shape index (κ1) is 23.5. The maximum absolute atomic E-state index is 13.3. The van der Waals surface area contributed by atoms with Gasteiger partial charge in [0.25, 0.3) is 0 Å². The topological polar surface area (TPSA) is 131 Å². The molecule has 2 amide bonds. The number of methoxy groups -OCH3 is 2. The van der Waals surface area contributed by atoms with Gasteiger partial charge in [-0.3, -0.25) is 9.59 Å². The maximum Gasteiger partial charge on any atom is 0.240 e. The molecule has 3 atom stereocenters.